The first-order valence-corrected chi connectivity index (χ1v) is 5.07. The van der Waals surface area contributed by atoms with Gasteiger partial charge in [-0.05, 0) is 13.8 Å². The summed E-state index contributed by atoms with van der Waals surface area (Å²) in [6, 6.07) is 1.72. The number of carbonyl (C=O) groups excluding carboxylic acids is 1. The smallest absolute Gasteiger partial charge is 0.311 e. The molecule has 2 heterocycles. The Balaban J connectivity index is 2.27. The fraction of sp³-hybridized carbons (Fsp3) is 0.364. The van der Waals surface area contributed by atoms with Crippen LogP contribution in [0.15, 0.2) is 15.0 Å². The second-order valence-electron chi connectivity index (χ2n) is 3.60. The minimum absolute atomic E-state index is 0.0860. The first-order chi connectivity index (χ1) is 8.10. The SMILES string of the molecule is COC(=O)Cc1nc(-c2cc(C)on2)oc1C. The second-order valence-corrected chi connectivity index (χ2v) is 3.60. The number of nitrogens with zero attached hydrogens (tertiary/aromatic N) is 2. The highest BCUT2D eigenvalue weighted by Gasteiger charge is 2.16. The Morgan fingerprint density at radius 1 is 1.47 bits per heavy atom. The molecule has 90 valence electrons. The molecule has 0 aliphatic heterocycles. The van der Waals surface area contributed by atoms with Crippen LogP contribution in [0.4, 0.5) is 0 Å². The molecule has 0 aromatic carbocycles. The first kappa shape index (κ1) is 11.4. The number of oxazole rings is 1. The molecule has 2 rings (SSSR count). The van der Waals surface area contributed by atoms with Crippen molar-refractivity contribution in [2.24, 2.45) is 0 Å². The zero-order chi connectivity index (χ0) is 12.4. The van der Waals surface area contributed by atoms with Crippen LogP contribution in [0.5, 0.6) is 0 Å². The molecule has 6 nitrogen and oxygen atoms in total. The van der Waals surface area contributed by atoms with E-state index in [0.717, 1.165) is 0 Å². The molecule has 0 fully saturated rings. The Kier molecular flexibility index (Phi) is 2.95. The molecule has 0 saturated carbocycles. The van der Waals surface area contributed by atoms with Crippen LogP contribution in [0.3, 0.4) is 0 Å². The highest BCUT2D eigenvalue weighted by Crippen LogP contribution is 2.21. The monoisotopic (exact) mass is 236 g/mol. The van der Waals surface area contributed by atoms with Gasteiger partial charge < -0.3 is 13.7 Å². The van der Waals surface area contributed by atoms with Crippen molar-refractivity contribution in [3.63, 3.8) is 0 Å². The molecule has 0 radical (unpaired) electrons. The van der Waals surface area contributed by atoms with Gasteiger partial charge in [-0.1, -0.05) is 5.16 Å². The first-order valence-electron chi connectivity index (χ1n) is 5.07. The molecule has 0 N–H and O–H groups in total. The molecule has 0 amide bonds. The fourth-order valence-electron chi connectivity index (χ4n) is 1.38. The maximum Gasteiger partial charge on any atom is 0.311 e. The molecule has 0 unspecified atom stereocenters. The van der Waals surface area contributed by atoms with E-state index in [-0.39, 0.29) is 12.4 Å². The summed E-state index contributed by atoms with van der Waals surface area (Å²) in [7, 11) is 1.33. The van der Waals surface area contributed by atoms with Crippen molar-refractivity contribution in [3.05, 3.63) is 23.3 Å². The van der Waals surface area contributed by atoms with Crippen LogP contribution in [0.25, 0.3) is 11.6 Å². The minimum Gasteiger partial charge on any atom is -0.469 e. The van der Waals surface area contributed by atoms with E-state index in [1.165, 1.54) is 7.11 Å². The van der Waals surface area contributed by atoms with Gasteiger partial charge >= 0.3 is 5.97 Å². The van der Waals surface area contributed by atoms with E-state index in [2.05, 4.69) is 14.9 Å². The topological polar surface area (TPSA) is 78.4 Å². The molecule has 6 heteroatoms. The average Bonchev–Trinajstić information content (AvgIpc) is 2.86. The standard InChI is InChI=1S/C11H12N2O4/c1-6-4-9(13-17-6)11-12-8(7(2)16-11)5-10(14)15-3/h4H,5H2,1-3H3. The molecule has 0 atom stereocenters. The maximum absolute atomic E-state index is 11.1. The van der Waals surface area contributed by atoms with Gasteiger partial charge in [-0.2, -0.15) is 0 Å². The van der Waals surface area contributed by atoms with Crippen LogP contribution in [0.1, 0.15) is 17.2 Å². The van der Waals surface area contributed by atoms with E-state index in [1.54, 1.807) is 19.9 Å². The zero-order valence-electron chi connectivity index (χ0n) is 9.81. The molecular weight excluding hydrogens is 224 g/mol. The maximum atomic E-state index is 11.1. The number of methoxy groups -OCH3 is 1. The molecule has 2 aromatic rings. The van der Waals surface area contributed by atoms with Gasteiger partial charge in [-0.15, -0.1) is 0 Å². The van der Waals surface area contributed by atoms with E-state index in [0.29, 0.717) is 28.8 Å². The van der Waals surface area contributed by atoms with E-state index >= 15 is 0 Å². The van der Waals surface area contributed by atoms with Gasteiger partial charge in [-0.25, -0.2) is 4.98 Å². The van der Waals surface area contributed by atoms with Crippen molar-refractivity contribution in [2.45, 2.75) is 20.3 Å². The lowest BCUT2D eigenvalue weighted by atomic mass is 10.3. The molecule has 0 aliphatic rings. The highest BCUT2D eigenvalue weighted by atomic mass is 16.5. The lowest BCUT2D eigenvalue weighted by Crippen LogP contribution is -2.05. The summed E-state index contributed by atoms with van der Waals surface area (Å²) >= 11 is 0. The normalized spacial score (nSPS) is 10.5. The number of hydrogen-bond donors (Lipinski definition) is 0. The van der Waals surface area contributed by atoms with Crippen molar-refractivity contribution < 1.29 is 18.5 Å². The van der Waals surface area contributed by atoms with E-state index < -0.39 is 0 Å². The minimum atomic E-state index is -0.357. The van der Waals surface area contributed by atoms with Crippen molar-refractivity contribution in [1.29, 1.82) is 0 Å². The third-order valence-electron chi connectivity index (χ3n) is 2.28. The van der Waals surface area contributed by atoms with Crippen LogP contribution in [0, 0.1) is 13.8 Å². The van der Waals surface area contributed by atoms with Gasteiger partial charge in [0.05, 0.1) is 19.2 Å². The summed E-state index contributed by atoms with van der Waals surface area (Å²) in [5, 5.41) is 3.79. The summed E-state index contributed by atoms with van der Waals surface area (Å²) in [4.78, 5) is 15.3. The number of esters is 1. The number of aromatic nitrogens is 2. The Morgan fingerprint density at radius 2 is 2.24 bits per heavy atom. The van der Waals surface area contributed by atoms with Crippen LogP contribution in [-0.2, 0) is 16.0 Å². The van der Waals surface area contributed by atoms with Crippen LogP contribution >= 0.6 is 0 Å². The molecule has 0 spiro atoms. The molecule has 17 heavy (non-hydrogen) atoms. The average molecular weight is 236 g/mol. The lowest BCUT2D eigenvalue weighted by Gasteiger charge is -1.94. The summed E-state index contributed by atoms with van der Waals surface area (Å²) in [5.41, 5.74) is 1.06. The summed E-state index contributed by atoms with van der Waals surface area (Å²) in [6.07, 6.45) is 0.0860. The van der Waals surface area contributed by atoms with Gasteiger partial charge in [0.15, 0.2) is 5.69 Å². The second kappa shape index (κ2) is 4.40. The Hall–Kier alpha value is -2.11. The third kappa shape index (κ3) is 2.35. The van der Waals surface area contributed by atoms with Crippen LogP contribution < -0.4 is 0 Å². The van der Waals surface area contributed by atoms with Crippen molar-refractivity contribution in [2.75, 3.05) is 7.11 Å². The number of rotatable bonds is 3. The fourth-order valence-corrected chi connectivity index (χ4v) is 1.38. The van der Waals surface area contributed by atoms with Gasteiger partial charge in [0.2, 0.25) is 5.89 Å². The zero-order valence-corrected chi connectivity index (χ0v) is 9.81. The summed E-state index contributed by atoms with van der Waals surface area (Å²) < 4.78 is 14.9. The van der Waals surface area contributed by atoms with Gasteiger partial charge in [-0.3, -0.25) is 4.79 Å². The Labute approximate surface area is 97.6 Å². The van der Waals surface area contributed by atoms with Crippen LogP contribution in [0.2, 0.25) is 0 Å². The van der Waals surface area contributed by atoms with Gasteiger partial charge in [0.25, 0.3) is 0 Å². The number of hydrogen-bond acceptors (Lipinski definition) is 6. The predicted octanol–water partition coefficient (Wildman–Crippen LogP) is 1.66. The van der Waals surface area contributed by atoms with Crippen molar-refractivity contribution >= 4 is 5.97 Å². The van der Waals surface area contributed by atoms with E-state index in [9.17, 15) is 4.79 Å². The lowest BCUT2D eigenvalue weighted by molar-refractivity contribution is -0.139. The van der Waals surface area contributed by atoms with Gasteiger partial charge in [0.1, 0.15) is 11.5 Å². The Bertz CT molecular complexity index is 541. The molecular formula is C11H12N2O4. The molecule has 0 bridgehead atoms. The molecule has 0 saturated heterocycles. The molecule has 2 aromatic heterocycles. The number of carbonyl (C=O) groups is 1. The summed E-state index contributed by atoms with van der Waals surface area (Å²) in [6.45, 7) is 3.52. The van der Waals surface area contributed by atoms with E-state index in [1.807, 2.05) is 0 Å². The van der Waals surface area contributed by atoms with Crippen molar-refractivity contribution in [3.8, 4) is 11.6 Å². The third-order valence-corrected chi connectivity index (χ3v) is 2.28. The van der Waals surface area contributed by atoms with Crippen LogP contribution in [-0.4, -0.2) is 23.2 Å². The molecule has 0 aliphatic carbocycles. The predicted molar refractivity (Wildman–Crippen MR) is 57.2 cm³/mol. The number of aryl methyl sites for hydroxylation is 2. The Morgan fingerprint density at radius 3 is 2.82 bits per heavy atom. The number of ether oxygens (including phenoxy) is 1. The summed E-state index contributed by atoms with van der Waals surface area (Å²) in [5.74, 6) is 1.24. The van der Waals surface area contributed by atoms with Crippen molar-refractivity contribution in [1.82, 2.24) is 10.1 Å². The largest absolute Gasteiger partial charge is 0.469 e. The highest BCUT2D eigenvalue weighted by molar-refractivity contribution is 5.72. The van der Waals surface area contributed by atoms with Gasteiger partial charge in [0, 0.05) is 6.07 Å². The quantitative estimate of drug-likeness (QED) is 0.754. The van der Waals surface area contributed by atoms with E-state index in [4.69, 9.17) is 8.94 Å².